The molecule has 0 saturated carbocycles. The quantitative estimate of drug-likeness (QED) is 0.523. The Kier molecular flexibility index (Phi) is 4.41. The molecule has 130 valence electrons. The molecule has 2 heterocycles. The van der Waals surface area contributed by atoms with Gasteiger partial charge in [0.15, 0.2) is 0 Å². The Morgan fingerprint density at radius 2 is 2.08 bits per heavy atom. The molecule has 0 amide bonds. The number of carbonyl (C=O) groups excluding carboxylic acids is 1. The molecule has 0 aliphatic heterocycles. The molecule has 0 fully saturated rings. The van der Waals surface area contributed by atoms with E-state index in [1.807, 2.05) is 53.9 Å². The molecule has 2 aromatic carbocycles. The molecule has 26 heavy (non-hydrogen) atoms. The van der Waals surface area contributed by atoms with E-state index in [4.69, 9.17) is 9.47 Å². The molecule has 2 aromatic heterocycles. The van der Waals surface area contributed by atoms with Gasteiger partial charge >= 0.3 is 5.97 Å². The number of carbonyl (C=O) groups is 1. The smallest absolute Gasteiger partial charge is 0.340 e. The number of aromatic nitrogens is 2. The van der Waals surface area contributed by atoms with Crippen LogP contribution >= 0.6 is 11.3 Å². The summed E-state index contributed by atoms with van der Waals surface area (Å²) in [6.45, 7) is 0.138. The molecule has 5 nitrogen and oxygen atoms in total. The first kappa shape index (κ1) is 16.4. The normalized spacial score (nSPS) is 10.8. The number of rotatable bonds is 5. The second kappa shape index (κ2) is 7.01. The van der Waals surface area contributed by atoms with E-state index in [0.717, 1.165) is 32.9 Å². The van der Waals surface area contributed by atoms with Crippen LogP contribution in [0.4, 0.5) is 0 Å². The second-order valence-electron chi connectivity index (χ2n) is 5.70. The van der Waals surface area contributed by atoms with Crippen LogP contribution in [-0.2, 0) is 11.3 Å². The third-order valence-electron chi connectivity index (χ3n) is 4.03. The molecular weight excluding hydrogens is 348 g/mol. The maximum atomic E-state index is 12.4. The summed E-state index contributed by atoms with van der Waals surface area (Å²) in [4.78, 5) is 20.0. The van der Waals surface area contributed by atoms with Gasteiger partial charge in [0.2, 0.25) is 0 Å². The van der Waals surface area contributed by atoms with Gasteiger partial charge in [-0.15, -0.1) is 11.3 Å². The molecule has 0 radical (unpaired) electrons. The van der Waals surface area contributed by atoms with Crippen molar-refractivity contribution in [1.82, 2.24) is 9.97 Å². The number of esters is 1. The van der Waals surface area contributed by atoms with Gasteiger partial charge in [-0.05, 0) is 18.2 Å². The molecule has 0 bridgehead atoms. The third-order valence-corrected chi connectivity index (χ3v) is 4.97. The van der Waals surface area contributed by atoms with Crippen molar-refractivity contribution in [2.45, 2.75) is 6.61 Å². The highest BCUT2D eigenvalue weighted by atomic mass is 32.1. The van der Waals surface area contributed by atoms with E-state index in [9.17, 15) is 4.79 Å². The van der Waals surface area contributed by atoms with Gasteiger partial charge < -0.3 is 14.5 Å². The maximum Gasteiger partial charge on any atom is 0.340 e. The lowest BCUT2D eigenvalue weighted by Crippen LogP contribution is -2.04. The Morgan fingerprint density at radius 3 is 2.96 bits per heavy atom. The summed E-state index contributed by atoms with van der Waals surface area (Å²) in [5.41, 5.74) is 3.14. The fourth-order valence-corrected chi connectivity index (χ4v) is 3.52. The summed E-state index contributed by atoms with van der Waals surface area (Å²) < 4.78 is 10.7. The standard InChI is InChI=1S/C20H16N2O3S/c1-24-15-6-4-5-13(9-15)19-22-14(12-26-19)11-25-20(23)17-10-21-18-8-3-2-7-16(17)18/h2-10,12,21H,11H2,1H3. The summed E-state index contributed by atoms with van der Waals surface area (Å²) in [5, 5.41) is 3.62. The van der Waals surface area contributed by atoms with Gasteiger partial charge in [-0.2, -0.15) is 0 Å². The summed E-state index contributed by atoms with van der Waals surface area (Å²) in [6.07, 6.45) is 1.68. The van der Waals surface area contributed by atoms with Crippen molar-refractivity contribution >= 4 is 28.2 Å². The number of aromatic amines is 1. The number of ether oxygens (including phenoxy) is 2. The Labute approximate surface area is 154 Å². The minimum atomic E-state index is -0.363. The molecule has 4 aromatic rings. The van der Waals surface area contributed by atoms with E-state index in [2.05, 4.69) is 9.97 Å². The summed E-state index contributed by atoms with van der Waals surface area (Å²) in [5.74, 6) is 0.420. The number of benzene rings is 2. The Hall–Kier alpha value is -3.12. The Bertz CT molecular complexity index is 1070. The van der Waals surface area contributed by atoms with Crippen LogP contribution in [0.1, 0.15) is 16.1 Å². The first-order valence-corrected chi connectivity index (χ1v) is 8.94. The van der Waals surface area contributed by atoms with Crippen molar-refractivity contribution in [2.75, 3.05) is 7.11 Å². The summed E-state index contributed by atoms with van der Waals surface area (Å²) in [6, 6.07) is 15.4. The Balaban J connectivity index is 1.47. The van der Waals surface area contributed by atoms with Crippen molar-refractivity contribution in [3.63, 3.8) is 0 Å². The highest BCUT2D eigenvalue weighted by Crippen LogP contribution is 2.27. The van der Waals surface area contributed by atoms with Crippen LogP contribution in [0.15, 0.2) is 60.1 Å². The lowest BCUT2D eigenvalue weighted by Gasteiger charge is -2.02. The first-order valence-electron chi connectivity index (χ1n) is 8.06. The summed E-state index contributed by atoms with van der Waals surface area (Å²) in [7, 11) is 1.64. The lowest BCUT2D eigenvalue weighted by atomic mass is 10.2. The molecule has 0 saturated heterocycles. The van der Waals surface area contributed by atoms with E-state index in [1.54, 1.807) is 13.3 Å². The predicted molar refractivity (Wildman–Crippen MR) is 102 cm³/mol. The van der Waals surface area contributed by atoms with Crippen molar-refractivity contribution in [1.29, 1.82) is 0 Å². The SMILES string of the molecule is COc1cccc(-c2nc(COC(=O)c3c[nH]c4ccccc34)cs2)c1. The molecule has 0 atom stereocenters. The van der Waals surface area contributed by atoms with Gasteiger partial charge in [0.1, 0.15) is 17.4 Å². The highest BCUT2D eigenvalue weighted by molar-refractivity contribution is 7.13. The van der Waals surface area contributed by atoms with Crippen LogP contribution in [0.5, 0.6) is 5.75 Å². The largest absolute Gasteiger partial charge is 0.497 e. The zero-order valence-corrected chi connectivity index (χ0v) is 14.9. The molecular formula is C20H16N2O3S. The summed E-state index contributed by atoms with van der Waals surface area (Å²) >= 11 is 1.51. The number of methoxy groups -OCH3 is 1. The van der Waals surface area contributed by atoms with Gasteiger partial charge in [0, 0.05) is 28.0 Å². The minimum Gasteiger partial charge on any atom is -0.497 e. The van der Waals surface area contributed by atoms with E-state index in [-0.39, 0.29) is 12.6 Å². The maximum absolute atomic E-state index is 12.4. The predicted octanol–water partition coefficient (Wildman–Crippen LogP) is 4.66. The first-order chi connectivity index (χ1) is 12.7. The lowest BCUT2D eigenvalue weighted by molar-refractivity contribution is 0.0471. The van der Waals surface area contributed by atoms with E-state index in [1.165, 1.54) is 11.3 Å². The van der Waals surface area contributed by atoms with Gasteiger partial charge in [-0.1, -0.05) is 30.3 Å². The van der Waals surface area contributed by atoms with E-state index < -0.39 is 0 Å². The van der Waals surface area contributed by atoms with Gasteiger partial charge in [0.05, 0.1) is 18.4 Å². The molecule has 4 rings (SSSR count). The van der Waals surface area contributed by atoms with Crippen LogP contribution in [-0.4, -0.2) is 23.0 Å². The Morgan fingerprint density at radius 1 is 1.19 bits per heavy atom. The van der Waals surface area contributed by atoms with Crippen molar-refractivity contribution in [3.8, 4) is 16.3 Å². The number of thiazole rings is 1. The zero-order chi connectivity index (χ0) is 17.9. The molecule has 0 aliphatic carbocycles. The van der Waals surface area contributed by atoms with Crippen molar-refractivity contribution in [3.05, 3.63) is 71.4 Å². The molecule has 1 N–H and O–H groups in total. The average molecular weight is 364 g/mol. The van der Waals surface area contributed by atoms with Crippen LogP contribution < -0.4 is 4.74 Å². The number of H-pyrrole nitrogens is 1. The fraction of sp³-hybridized carbons (Fsp3) is 0.100. The molecule has 0 spiro atoms. The topological polar surface area (TPSA) is 64.2 Å². The van der Waals surface area contributed by atoms with Gasteiger partial charge in [-0.3, -0.25) is 0 Å². The fourth-order valence-electron chi connectivity index (χ4n) is 2.72. The van der Waals surface area contributed by atoms with Crippen LogP contribution in [0.3, 0.4) is 0 Å². The monoisotopic (exact) mass is 364 g/mol. The number of hydrogen-bond acceptors (Lipinski definition) is 5. The van der Waals surface area contributed by atoms with E-state index >= 15 is 0 Å². The second-order valence-corrected chi connectivity index (χ2v) is 6.56. The average Bonchev–Trinajstić information content (AvgIpc) is 3.33. The van der Waals surface area contributed by atoms with Gasteiger partial charge in [-0.25, -0.2) is 9.78 Å². The zero-order valence-electron chi connectivity index (χ0n) is 14.1. The third kappa shape index (κ3) is 3.19. The van der Waals surface area contributed by atoms with Crippen molar-refractivity contribution < 1.29 is 14.3 Å². The van der Waals surface area contributed by atoms with Crippen LogP contribution in [0, 0.1) is 0 Å². The van der Waals surface area contributed by atoms with Gasteiger partial charge in [0.25, 0.3) is 0 Å². The van der Waals surface area contributed by atoms with Crippen molar-refractivity contribution in [2.24, 2.45) is 0 Å². The highest BCUT2D eigenvalue weighted by Gasteiger charge is 2.14. The number of hydrogen-bond donors (Lipinski definition) is 1. The molecule has 0 unspecified atom stereocenters. The number of para-hydroxylation sites is 1. The van der Waals surface area contributed by atoms with E-state index in [0.29, 0.717) is 5.56 Å². The molecule has 0 aliphatic rings. The number of nitrogens with zero attached hydrogens (tertiary/aromatic N) is 1. The number of nitrogens with one attached hydrogen (secondary N) is 1. The minimum absolute atomic E-state index is 0.138. The van der Waals surface area contributed by atoms with Crippen LogP contribution in [0.2, 0.25) is 0 Å². The molecule has 6 heteroatoms. The number of fused-ring (bicyclic) bond motifs is 1. The van der Waals surface area contributed by atoms with Crippen LogP contribution in [0.25, 0.3) is 21.5 Å².